The van der Waals surface area contributed by atoms with Crippen LogP contribution in [0, 0.1) is 0 Å². The lowest BCUT2D eigenvalue weighted by molar-refractivity contribution is -0.119. The van der Waals surface area contributed by atoms with Gasteiger partial charge < -0.3 is 9.47 Å². The second-order valence-corrected chi connectivity index (χ2v) is 9.72. The van der Waals surface area contributed by atoms with E-state index in [1.165, 1.54) is 12.1 Å². The van der Waals surface area contributed by atoms with E-state index in [-0.39, 0.29) is 4.90 Å². The number of hydrogen-bond donors (Lipinski definition) is 1. The predicted octanol–water partition coefficient (Wildman–Crippen LogP) is 4.39. The first-order valence-electron chi connectivity index (χ1n) is 11.6. The molecule has 3 aromatic rings. The van der Waals surface area contributed by atoms with Crippen molar-refractivity contribution in [1.29, 1.82) is 0 Å². The lowest BCUT2D eigenvalue weighted by Gasteiger charge is -2.24. The average molecular weight is 510 g/mol. The number of aryl methyl sites for hydroxylation is 1. The zero-order valence-electron chi connectivity index (χ0n) is 20.9. The van der Waals surface area contributed by atoms with Crippen LogP contribution in [0.5, 0.6) is 11.5 Å². The predicted molar refractivity (Wildman–Crippen MR) is 141 cm³/mol. The van der Waals surface area contributed by atoms with Gasteiger partial charge in [-0.25, -0.2) is 13.8 Å². The normalized spacial score (nSPS) is 11.6. The smallest absolute Gasteiger partial charge is 0.264 e. The quantitative estimate of drug-likeness (QED) is 0.305. The van der Waals surface area contributed by atoms with Crippen LogP contribution >= 0.6 is 0 Å². The van der Waals surface area contributed by atoms with E-state index in [2.05, 4.69) is 10.5 Å². The summed E-state index contributed by atoms with van der Waals surface area (Å²) in [5, 5.41) is 4.27. The van der Waals surface area contributed by atoms with Gasteiger partial charge in [0, 0.05) is 5.56 Å². The molecule has 0 fully saturated rings. The molecular weight excluding hydrogens is 478 g/mol. The highest BCUT2D eigenvalue weighted by molar-refractivity contribution is 7.92. The molecule has 1 amide bonds. The minimum atomic E-state index is -3.99. The number of hydrazone groups is 1. The number of ether oxygens (including phenoxy) is 2. The number of hydrogen-bond acceptors (Lipinski definition) is 6. The Hall–Kier alpha value is -3.85. The van der Waals surface area contributed by atoms with Gasteiger partial charge >= 0.3 is 0 Å². The van der Waals surface area contributed by atoms with Gasteiger partial charge in [-0.05, 0) is 60.9 Å². The summed E-state index contributed by atoms with van der Waals surface area (Å²) in [4.78, 5) is 13.0. The molecular formula is C27H31N3O5S. The van der Waals surface area contributed by atoms with E-state index in [1.54, 1.807) is 56.7 Å². The first-order chi connectivity index (χ1) is 17.3. The van der Waals surface area contributed by atoms with Crippen molar-refractivity contribution in [3.63, 3.8) is 0 Å². The van der Waals surface area contributed by atoms with Crippen molar-refractivity contribution >= 4 is 27.3 Å². The molecule has 190 valence electrons. The van der Waals surface area contributed by atoms with Crippen molar-refractivity contribution in [2.24, 2.45) is 5.10 Å². The van der Waals surface area contributed by atoms with E-state index in [1.807, 2.05) is 32.0 Å². The van der Waals surface area contributed by atoms with Gasteiger partial charge in [0.25, 0.3) is 15.9 Å². The molecule has 0 unspecified atom stereocenters. The van der Waals surface area contributed by atoms with Gasteiger partial charge in [-0.1, -0.05) is 44.2 Å². The van der Waals surface area contributed by atoms with Gasteiger partial charge in [0.05, 0.1) is 30.5 Å². The summed E-state index contributed by atoms with van der Waals surface area (Å²) in [6.07, 6.45) is 1.34. The molecule has 0 aliphatic carbocycles. The monoisotopic (exact) mass is 509 g/mol. The first-order valence-corrected chi connectivity index (χ1v) is 13.0. The number of anilines is 1. The number of nitrogens with zero attached hydrogens (tertiary/aromatic N) is 2. The first kappa shape index (κ1) is 26.7. The summed E-state index contributed by atoms with van der Waals surface area (Å²) >= 11 is 0. The third kappa shape index (κ3) is 6.23. The Kier molecular flexibility index (Phi) is 9.08. The van der Waals surface area contributed by atoms with Crippen LogP contribution in [0.25, 0.3) is 0 Å². The van der Waals surface area contributed by atoms with E-state index < -0.39 is 22.5 Å². The molecule has 9 heteroatoms. The molecule has 0 aromatic heterocycles. The molecule has 1 N–H and O–H groups in total. The standard InChI is InChI=1S/C27H31N3O5S/c1-5-20-12-15-22(16-13-20)30(36(32,33)23-10-8-7-9-11-23)19-27(31)29-28-24(6-2)21-14-17-25(34-3)26(18-21)35-4/h7-18H,5-6,19H2,1-4H3,(H,29,31)/b28-24-. The Bertz CT molecular complexity index is 1310. The van der Waals surface area contributed by atoms with Crippen LogP contribution < -0.4 is 19.2 Å². The van der Waals surface area contributed by atoms with Crippen LogP contribution in [0.2, 0.25) is 0 Å². The zero-order valence-corrected chi connectivity index (χ0v) is 21.7. The number of amides is 1. The van der Waals surface area contributed by atoms with Gasteiger partial charge in [-0.15, -0.1) is 0 Å². The maximum atomic E-state index is 13.5. The minimum Gasteiger partial charge on any atom is -0.493 e. The van der Waals surface area contributed by atoms with Gasteiger partial charge in [0.2, 0.25) is 0 Å². The Morgan fingerprint density at radius 1 is 0.917 bits per heavy atom. The largest absolute Gasteiger partial charge is 0.493 e. The third-order valence-corrected chi connectivity index (χ3v) is 7.41. The van der Waals surface area contributed by atoms with E-state index in [4.69, 9.17) is 9.47 Å². The third-order valence-electron chi connectivity index (χ3n) is 5.62. The molecule has 8 nitrogen and oxygen atoms in total. The number of carbonyl (C=O) groups is 1. The number of carbonyl (C=O) groups excluding carboxylic acids is 1. The SMILES string of the molecule is CC/C(=N/NC(=O)CN(c1ccc(CC)cc1)S(=O)(=O)c1ccccc1)c1ccc(OC)c(OC)c1. The van der Waals surface area contributed by atoms with E-state index in [0.717, 1.165) is 21.9 Å². The lowest BCUT2D eigenvalue weighted by Crippen LogP contribution is -2.39. The Labute approximate surface area is 212 Å². The van der Waals surface area contributed by atoms with E-state index in [0.29, 0.717) is 29.3 Å². The molecule has 0 saturated carbocycles. The highest BCUT2D eigenvalue weighted by atomic mass is 32.2. The van der Waals surface area contributed by atoms with E-state index in [9.17, 15) is 13.2 Å². The van der Waals surface area contributed by atoms with Gasteiger partial charge in [-0.2, -0.15) is 5.10 Å². The van der Waals surface area contributed by atoms with Crippen LogP contribution in [0.1, 0.15) is 31.4 Å². The second kappa shape index (κ2) is 12.2. The Morgan fingerprint density at radius 3 is 2.17 bits per heavy atom. The summed E-state index contributed by atoms with van der Waals surface area (Å²) in [5.41, 5.74) is 5.33. The number of methoxy groups -OCH3 is 2. The highest BCUT2D eigenvalue weighted by Crippen LogP contribution is 2.28. The van der Waals surface area contributed by atoms with Crippen molar-refractivity contribution in [3.05, 3.63) is 83.9 Å². The van der Waals surface area contributed by atoms with Crippen molar-refractivity contribution in [2.45, 2.75) is 31.6 Å². The number of benzene rings is 3. The number of nitrogens with one attached hydrogen (secondary N) is 1. The van der Waals surface area contributed by atoms with Crippen molar-refractivity contribution in [2.75, 3.05) is 25.1 Å². The maximum Gasteiger partial charge on any atom is 0.264 e. The van der Waals surface area contributed by atoms with Gasteiger partial charge in [0.1, 0.15) is 6.54 Å². The van der Waals surface area contributed by atoms with Crippen LogP contribution in [0.3, 0.4) is 0 Å². The van der Waals surface area contributed by atoms with Crippen molar-refractivity contribution < 1.29 is 22.7 Å². The molecule has 3 aromatic carbocycles. The summed E-state index contributed by atoms with van der Waals surface area (Å²) < 4.78 is 38.6. The lowest BCUT2D eigenvalue weighted by atomic mass is 10.1. The van der Waals surface area contributed by atoms with Crippen molar-refractivity contribution in [3.8, 4) is 11.5 Å². The molecule has 0 spiro atoms. The molecule has 0 atom stereocenters. The fourth-order valence-corrected chi connectivity index (χ4v) is 5.03. The van der Waals surface area contributed by atoms with Crippen LogP contribution in [-0.4, -0.2) is 40.8 Å². The summed E-state index contributed by atoms with van der Waals surface area (Å²) in [5.74, 6) is 0.551. The van der Waals surface area contributed by atoms with Crippen LogP contribution in [0.4, 0.5) is 5.69 Å². The summed E-state index contributed by atoms with van der Waals surface area (Å²) in [6.45, 7) is 3.49. The summed E-state index contributed by atoms with van der Waals surface area (Å²) in [6, 6.07) is 20.5. The Balaban J connectivity index is 1.88. The zero-order chi connectivity index (χ0) is 26.1. The minimum absolute atomic E-state index is 0.0976. The van der Waals surface area contributed by atoms with Gasteiger partial charge in [0.15, 0.2) is 11.5 Å². The number of sulfonamides is 1. The topological polar surface area (TPSA) is 97.3 Å². The van der Waals surface area contributed by atoms with Crippen LogP contribution in [-0.2, 0) is 21.2 Å². The molecule has 0 saturated heterocycles. The average Bonchev–Trinajstić information content (AvgIpc) is 2.92. The summed E-state index contributed by atoms with van der Waals surface area (Å²) in [7, 11) is -0.892. The molecule has 3 rings (SSSR count). The molecule has 36 heavy (non-hydrogen) atoms. The van der Waals surface area contributed by atoms with Crippen LogP contribution in [0.15, 0.2) is 82.8 Å². The maximum absolute atomic E-state index is 13.5. The Morgan fingerprint density at radius 2 is 1.58 bits per heavy atom. The van der Waals surface area contributed by atoms with E-state index >= 15 is 0 Å². The molecule has 0 heterocycles. The number of rotatable bonds is 11. The molecule has 0 bridgehead atoms. The van der Waals surface area contributed by atoms with Crippen molar-refractivity contribution in [1.82, 2.24) is 5.43 Å². The molecule has 0 radical (unpaired) electrons. The van der Waals surface area contributed by atoms with Gasteiger partial charge in [-0.3, -0.25) is 9.10 Å². The fourth-order valence-electron chi connectivity index (χ4n) is 3.59. The highest BCUT2D eigenvalue weighted by Gasteiger charge is 2.27. The fraction of sp³-hybridized carbons (Fsp3) is 0.259. The molecule has 0 aliphatic rings. The second-order valence-electron chi connectivity index (χ2n) is 7.86. The molecule has 0 aliphatic heterocycles.